The predicted molar refractivity (Wildman–Crippen MR) is 97.1 cm³/mol. The van der Waals surface area contributed by atoms with Crippen molar-refractivity contribution in [2.45, 2.75) is 65.6 Å². The number of carboxylic acid groups (broad SMARTS) is 1. The highest BCUT2D eigenvalue weighted by atomic mass is 16.4. The molecule has 0 radical (unpaired) electrons. The monoisotopic (exact) mass is 372 g/mol. The number of nitrogens with one attached hydrogen (secondary N) is 3. The second-order valence-corrected chi connectivity index (χ2v) is 6.97. The first-order valence-corrected chi connectivity index (χ1v) is 8.85. The number of hydrogen-bond acceptors (Lipinski definition) is 5. The SMILES string of the molecule is CCC(C)C(NC(=O)C(CC(C)C)NC(=O)CNC(=O)C(C)N)C(=O)O. The number of hydrogen-bond donors (Lipinski definition) is 5. The number of aliphatic carboxylic acids is 1. The van der Waals surface area contributed by atoms with Crippen LogP contribution in [0.5, 0.6) is 0 Å². The van der Waals surface area contributed by atoms with Gasteiger partial charge in [0.15, 0.2) is 0 Å². The van der Waals surface area contributed by atoms with Gasteiger partial charge in [-0.05, 0) is 25.2 Å². The first-order valence-electron chi connectivity index (χ1n) is 8.85. The summed E-state index contributed by atoms with van der Waals surface area (Å²) in [6.45, 7) is 8.51. The molecule has 4 unspecified atom stereocenters. The van der Waals surface area contributed by atoms with Crippen molar-refractivity contribution >= 4 is 23.7 Å². The molecule has 150 valence electrons. The van der Waals surface area contributed by atoms with Crippen molar-refractivity contribution in [3.05, 3.63) is 0 Å². The lowest BCUT2D eigenvalue weighted by atomic mass is 9.97. The Morgan fingerprint density at radius 1 is 1.00 bits per heavy atom. The smallest absolute Gasteiger partial charge is 0.326 e. The van der Waals surface area contributed by atoms with E-state index in [0.29, 0.717) is 12.8 Å². The number of carboxylic acids is 1. The molecule has 0 saturated heterocycles. The fourth-order valence-corrected chi connectivity index (χ4v) is 2.21. The quantitative estimate of drug-likeness (QED) is 0.333. The van der Waals surface area contributed by atoms with Crippen LogP contribution >= 0.6 is 0 Å². The summed E-state index contributed by atoms with van der Waals surface area (Å²) in [5.41, 5.74) is 5.40. The molecular formula is C17H32N4O5. The Balaban J connectivity index is 4.95. The van der Waals surface area contributed by atoms with Crippen molar-refractivity contribution in [2.24, 2.45) is 17.6 Å². The molecule has 9 heteroatoms. The molecular weight excluding hydrogens is 340 g/mol. The van der Waals surface area contributed by atoms with Crippen LogP contribution in [0.15, 0.2) is 0 Å². The molecule has 0 spiro atoms. The van der Waals surface area contributed by atoms with E-state index >= 15 is 0 Å². The molecule has 0 aliphatic rings. The van der Waals surface area contributed by atoms with E-state index in [2.05, 4.69) is 16.0 Å². The summed E-state index contributed by atoms with van der Waals surface area (Å²) in [5, 5.41) is 16.7. The Morgan fingerprint density at radius 3 is 2.00 bits per heavy atom. The van der Waals surface area contributed by atoms with Gasteiger partial charge in [0.25, 0.3) is 0 Å². The molecule has 0 aromatic heterocycles. The van der Waals surface area contributed by atoms with Crippen LogP contribution < -0.4 is 21.7 Å². The molecule has 3 amide bonds. The van der Waals surface area contributed by atoms with Crippen molar-refractivity contribution in [2.75, 3.05) is 6.54 Å². The van der Waals surface area contributed by atoms with Crippen molar-refractivity contribution in [1.82, 2.24) is 16.0 Å². The highest BCUT2D eigenvalue weighted by Gasteiger charge is 2.29. The van der Waals surface area contributed by atoms with E-state index in [0.717, 1.165) is 0 Å². The van der Waals surface area contributed by atoms with Crippen molar-refractivity contribution in [3.8, 4) is 0 Å². The van der Waals surface area contributed by atoms with E-state index in [-0.39, 0.29) is 18.4 Å². The normalized spacial score (nSPS) is 15.5. The number of amides is 3. The molecule has 0 fully saturated rings. The molecule has 0 rings (SSSR count). The van der Waals surface area contributed by atoms with Gasteiger partial charge in [-0.1, -0.05) is 34.1 Å². The standard InChI is InChI=1S/C17H32N4O5/c1-6-10(4)14(17(25)26)21-16(24)12(7-9(2)3)20-13(22)8-19-15(23)11(5)18/h9-12,14H,6-8,18H2,1-5H3,(H,19,23)(H,20,22)(H,21,24)(H,25,26). The number of rotatable bonds is 11. The summed E-state index contributed by atoms with van der Waals surface area (Å²) >= 11 is 0. The zero-order chi connectivity index (χ0) is 20.4. The minimum atomic E-state index is -1.12. The van der Waals surface area contributed by atoms with Crippen LogP contribution in [0.25, 0.3) is 0 Å². The molecule has 0 saturated carbocycles. The van der Waals surface area contributed by atoms with Crippen LogP contribution in [-0.4, -0.2) is 53.5 Å². The van der Waals surface area contributed by atoms with E-state index < -0.39 is 41.8 Å². The first kappa shape index (κ1) is 23.8. The molecule has 0 heterocycles. The second kappa shape index (κ2) is 11.5. The Hall–Kier alpha value is -2.16. The topological polar surface area (TPSA) is 151 Å². The van der Waals surface area contributed by atoms with Crippen LogP contribution in [0, 0.1) is 11.8 Å². The first-order chi connectivity index (χ1) is 12.0. The summed E-state index contributed by atoms with van der Waals surface area (Å²) in [4.78, 5) is 47.3. The molecule has 0 aromatic carbocycles. The molecule has 9 nitrogen and oxygen atoms in total. The average molecular weight is 372 g/mol. The molecule has 0 aliphatic carbocycles. The summed E-state index contributed by atoms with van der Waals surface area (Å²) < 4.78 is 0. The molecule has 4 atom stereocenters. The van der Waals surface area contributed by atoms with E-state index in [4.69, 9.17) is 5.73 Å². The Bertz CT molecular complexity index is 507. The van der Waals surface area contributed by atoms with Crippen molar-refractivity contribution in [3.63, 3.8) is 0 Å². The average Bonchev–Trinajstić information content (AvgIpc) is 2.54. The molecule has 0 aliphatic heterocycles. The minimum absolute atomic E-state index is 0.0941. The van der Waals surface area contributed by atoms with Crippen LogP contribution in [0.2, 0.25) is 0 Å². The van der Waals surface area contributed by atoms with Crippen LogP contribution in [0.3, 0.4) is 0 Å². The lowest BCUT2D eigenvalue weighted by molar-refractivity contribution is -0.143. The predicted octanol–water partition coefficient (Wildman–Crippen LogP) is -0.404. The maximum atomic E-state index is 12.5. The summed E-state index contributed by atoms with van der Waals surface area (Å²) in [5.74, 6) is -2.86. The van der Waals surface area contributed by atoms with Crippen LogP contribution in [-0.2, 0) is 19.2 Å². The fourth-order valence-electron chi connectivity index (χ4n) is 2.21. The third kappa shape index (κ3) is 8.80. The molecule has 26 heavy (non-hydrogen) atoms. The summed E-state index contributed by atoms with van der Waals surface area (Å²) in [7, 11) is 0. The van der Waals surface area contributed by atoms with Crippen molar-refractivity contribution in [1.29, 1.82) is 0 Å². The Labute approximate surface area is 154 Å². The van der Waals surface area contributed by atoms with E-state index in [9.17, 15) is 24.3 Å². The lowest BCUT2D eigenvalue weighted by Crippen LogP contribution is -2.55. The minimum Gasteiger partial charge on any atom is -0.480 e. The third-order valence-electron chi connectivity index (χ3n) is 3.97. The van der Waals surface area contributed by atoms with Gasteiger partial charge in [0.1, 0.15) is 12.1 Å². The zero-order valence-corrected chi connectivity index (χ0v) is 16.2. The Morgan fingerprint density at radius 2 is 1.58 bits per heavy atom. The van der Waals surface area contributed by atoms with E-state index in [1.807, 2.05) is 20.8 Å². The van der Waals surface area contributed by atoms with Crippen LogP contribution in [0.4, 0.5) is 0 Å². The van der Waals surface area contributed by atoms with Gasteiger partial charge in [-0.15, -0.1) is 0 Å². The highest BCUT2D eigenvalue weighted by Crippen LogP contribution is 2.10. The van der Waals surface area contributed by atoms with Gasteiger partial charge in [0.2, 0.25) is 17.7 Å². The lowest BCUT2D eigenvalue weighted by Gasteiger charge is -2.25. The third-order valence-corrected chi connectivity index (χ3v) is 3.97. The summed E-state index contributed by atoms with van der Waals surface area (Å²) in [6.07, 6.45) is 0.924. The van der Waals surface area contributed by atoms with Gasteiger partial charge in [0.05, 0.1) is 12.6 Å². The second-order valence-electron chi connectivity index (χ2n) is 6.97. The maximum absolute atomic E-state index is 12.5. The number of carbonyl (C=O) groups is 4. The number of carbonyl (C=O) groups excluding carboxylic acids is 3. The molecule has 0 bridgehead atoms. The van der Waals surface area contributed by atoms with Gasteiger partial charge >= 0.3 is 5.97 Å². The zero-order valence-electron chi connectivity index (χ0n) is 16.2. The Kier molecular flexibility index (Phi) is 10.5. The van der Waals surface area contributed by atoms with Gasteiger partial charge < -0.3 is 26.8 Å². The maximum Gasteiger partial charge on any atom is 0.326 e. The largest absolute Gasteiger partial charge is 0.480 e. The molecule has 6 N–H and O–H groups in total. The van der Waals surface area contributed by atoms with Gasteiger partial charge in [-0.3, -0.25) is 14.4 Å². The summed E-state index contributed by atoms with van der Waals surface area (Å²) in [6, 6.07) is -2.66. The fraction of sp³-hybridized carbons (Fsp3) is 0.765. The van der Waals surface area contributed by atoms with Crippen LogP contribution in [0.1, 0.15) is 47.5 Å². The van der Waals surface area contributed by atoms with Gasteiger partial charge in [-0.25, -0.2) is 4.79 Å². The van der Waals surface area contributed by atoms with Gasteiger partial charge in [-0.2, -0.15) is 0 Å². The van der Waals surface area contributed by atoms with E-state index in [1.54, 1.807) is 6.92 Å². The van der Waals surface area contributed by atoms with Crippen molar-refractivity contribution < 1.29 is 24.3 Å². The van der Waals surface area contributed by atoms with Gasteiger partial charge in [0, 0.05) is 0 Å². The van der Waals surface area contributed by atoms with E-state index in [1.165, 1.54) is 6.92 Å². The highest BCUT2D eigenvalue weighted by molar-refractivity contribution is 5.92. The molecule has 0 aromatic rings. The number of nitrogens with two attached hydrogens (primary N) is 1.